The van der Waals surface area contributed by atoms with Crippen molar-refractivity contribution in [3.05, 3.63) is 142 Å². The van der Waals surface area contributed by atoms with Crippen molar-refractivity contribution in [3.63, 3.8) is 0 Å². The molecule has 0 N–H and O–H groups in total. The Morgan fingerprint density at radius 1 is 0.821 bits per heavy atom. The second-order valence-corrected chi connectivity index (χ2v) is 10.8. The number of nitrogens with zero attached hydrogens (tertiary/aromatic N) is 2. The molecule has 0 spiro atoms. The van der Waals surface area contributed by atoms with E-state index in [1.807, 2.05) is 54.3 Å². The van der Waals surface area contributed by atoms with Crippen LogP contribution in [0.3, 0.4) is 0 Å². The van der Waals surface area contributed by atoms with E-state index in [2.05, 4.69) is 23.1 Å². The number of halogens is 2. The quantitative estimate of drug-likeness (QED) is 0.292. The molecule has 4 aromatic rings. The van der Waals surface area contributed by atoms with E-state index in [9.17, 15) is 9.18 Å². The first-order valence-electron chi connectivity index (χ1n) is 13.7. The van der Waals surface area contributed by atoms with Crippen LogP contribution in [0.2, 0.25) is 0 Å². The molecular formula is C34H32F2N2O. The van der Waals surface area contributed by atoms with Gasteiger partial charge in [-0.1, -0.05) is 84.4 Å². The van der Waals surface area contributed by atoms with E-state index in [4.69, 9.17) is 0 Å². The van der Waals surface area contributed by atoms with Crippen LogP contribution in [0.15, 0.2) is 91.0 Å². The van der Waals surface area contributed by atoms with Crippen LogP contribution in [-0.4, -0.2) is 34.8 Å². The normalized spacial score (nSPS) is 17.1. The molecule has 1 heterocycles. The number of hydrogen-bond donors (Lipinski definition) is 0. The van der Waals surface area contributed by atoms with Crippen molar-refractivity contribution in [3.8, 4) is 0 Å². The van der Waals surface area contributed by atoms with E-state index in [0.717, 1.165) is 30.4 Å². The minimum Gasteiger partial charge on any atom is -0.333 e. The molecule has 0 saturated carbocycles. The van der Waals surface area contributed by atoms with Crippen molar-refractivity contribution in [1.29, 1.82) is 0 Å². The largest absolute Gasteiger partial charge is 0.333 e. The van der Waals surface area contributed by atoms with E-state index in [1.165, 1.54) is 28.8 Å². The zero-order valence-corrected chi connectivity index (χ0v) is 22.1. The third-order valence-electron chi connectivity index (χ3n) is 8.26. The van der Waals surface area contributed by atoms with E-state index < -0.39 is 0 Å². The SMILES string of the molecule is Cc1ccc(F)c(C2c3ccccc3CCN2CC(=O)N(Cc2ccccc2F)C2Cc3ccccc3C2)c1. The molecule has 0 fully saturated rings. The van der Waals surface area contributed by atoms with Gasteiger partial charge in [0.25, 0.3) is 0 Å². The van der Waals surface area contributed by atoms with Gasteiger partial charge in [-0.2, -0.15) is 0 Å². The van der Waals surface area contributed by atoms with Crippen molar-refractivity contribution < 1.29 is 13.6 Å². The van der Waals surface area contributed by atoms with Gasteiger partial charge in [0.05, 0.1) is 12.6 Å². The molecular weight excluding hydrogens is 490 g/mol. The van der Waals surface area contributed by atoms with Gasteiger partial charge >= 0.3 is 0 Å². The molecule has 1 aliphatic carbocycles. The maximum atomic E-state index is 15.3. The van der Waals surface area contributed by atoms with Gasteiger partial charge in [-0.05, 0) is 60.6 Å². The molecule has 5 heteroatoms. The van der Waals surface area contributed by atoms with E-state index in [-0.39, 0.29) is 42.7 Å². The molecule has 4 aromatic carbocycles. The highest BCUT2D eigenvalue weighted by molar-refractivity contribution is 5.79. The number of amides is 1. The highest BCUT2D eigenvalue weighted by Gasteiger charge is 2.35. The van der Waals surface area contributed by atoms with Gasteiger partial charge in [-0.3, -0.25) is 9.69 Å². The Hall–Kier alpha value is -3.83. The standard InChI is InChI=1S/C34H32F2N2O/c1-23-14-15-32(36)30(18-23)34-29-12-6-4-8-24(29)16-17-37(34)22-33(39)38(21-27-11-5-7-13-31(27)35)28-19-25-9-2-3-10-26(25)20-28/h2-15,18,28,34H,16-17,19-22H2,1H3. The highest BCUT2D eigenvalue weighted by Crippen LogP contribution is 2.37. The molecule has 1 aliphatic heterocycles. The molecule has 1 unspecified atom stereocenters. The zero-order valence-electron chi connectivity index (χ0n) is 22.1. The van der Waals surface area contributed by atoms with Gasteiger partial charge < -0.3 is 4.90 Å². The fourth-order valence-electron chi connectivity index (χ4n) is 6.28. The van der Waals surface area contributed by atoms with E-state index in [0.29, 0.717) is 17.7 Å². The average molecular weight is 523 g/mol. The second-order valence-electron chi connectivity index (χ2n) is 10.8. The van der Waals surface area contributed by atoms with Crippen LogP contribution in [0.25, 0.3) is 0 Å². The van der Waals surface area contributed by atoms with Crippen LogP contribution in [0.4, 0.5) is 8.78 Å². The molecule has 3 nitrogen and oxygen atoms in total. The lowest BCUT2D eigenvalue weighted by atomic mass is 9.87. The summed E-state index contributed by atoms with van der Waals surface area (Å²) in [6, 6.07) is 27.8. The number of hydrogen-bond acceptors (Lipinski definition) is 2. The Balaban J connectivity index is 1.34. The van der Waals surface area contributed by atoms with Crippen LogP contribution < -0.4 is 0 Å². The summed E-state index contributed by atoms with van der Waals surface area (Å²) in [5.74, 6) is -0.639. The highest BCUT2D eigenvalue weighted by atomic mass is 19.1. The summed E-state index contributed by atoms with van der Waals surface area (Å²) in [6.07, 6.45) is 2.28. The van der Waals surface area contributed by atoms with Gasteiger partial charge in [0.15, 0.2) is 0 Å². The first-order valence-corrected chi connectivity index (χ1v) is 13.7. The van der Waals surface area contributed by atoms with Crippen LogP contribution in [0.5, 0.6) is 0 Å². The summed E-state index contributed by atoms with van der Waals surface area (Å²) in [7, 11) is 0. The molecule has 0 bridgehead atoms. The van der Waals surface area contributed by atoms with E-state index in [1.54, 1.807) is 18.2 Å². The molecule has 0 saturated heterocycles. The molecule has 39 heavy (non-hydrogen) atoms. The average Bonchev–Trinajstić information content (AvgIpc) is 3.38. The van der Waals surface area contributed by atoms with Gasteiger partial charge in [-0.15, -0.1) is 0 Å². The minimum atomic E-state index is -0.366. The molecule has 6 rings (SSSR count). The third-order valence-corrected chi connectivity index (χ3v) is 8.26. The first-order chi connectivity index (χ1) is 19.0. The van der Waals surface area contributed by atoms with Crippen LogP contribution in [0, 0.1) is 18.6 Å². The topological polar surface area (TPSA) is 23.6 Å². The summed E-state index contributed by atoms with van der Waals surface area (Å²) < 4.78 is 30.0. The van der Waals surface area contributed by atoms with Crippen molar-refractivity contribution >= 4 is 5.91 Å². The molecule has 198 valence electrons. The van der Waals surface area contributed by atoms with Crippen LogP contribution >= 0.6 is 0 Å². The van der Waals surface area contributed by atoms with E-state index >= 15 is 4.39 Å². The van der Waals surface area contributed by atoms with Gasteiger partial charge in [0.1, 0.15) is 11.6 Å². The third kappa shape index (κ3) is 5.11. The van der Waals surface area contributed by atoms with Crippen molar-refractivity contribution in [2.75, 3.05) is 13.1 Å². The fourth-order valence-corrected chi connectivity index (χ4v) is 6.28. The zero-order chi connectivity index (χ0) is 26.9. The van der Waals surface area contributed by atoms with Crippen LogP contribution in [-0.2, 0) is 30.6 Å². The van der Waals surface area contributed by atoms with Crippen molar-refractivity contribution in [1.82, 2.24) is 9.80 Å². The molecule has 1 amide bonds. The molecule has 1 atom stereocenters. The summed E-state index contributed by atoms with van der Waals surface area (Å²) in [5.41, 5.74) is 6.76. The smallest absolute Gasteiger partial charge is 0.237 e. The lowest BCUT2D eigenvalue weighted by Gasteiger charge is -2.39. The monoisotopic (exact) mass is 522 g/mol. The van der Waals surface area contributed by atoms with Gasteiger partial charge in [-0.25, -0.2) is 8.78 Å². The number of benzene rings is 4. The van der Waals surface area contributed by atoms with Crippen LogP contribution in [0.1, 0.15) is 45.0 Å². The Bertz CT molecular complexity index is 1490. The Morgan fingerprint density at radius 2 is 1.49 bits per heavy atom. The fraction of sp³-hybridized carbons (Fsp3) is 0.265. The lowest BCUT2D eigenvalue weighted by Crippen LogP contribution is -2.48. The summed E-state index contributed by atoms with van der Waals surface area (Å²) in [5, 5.41) is 0. The molecule has 0 aromatic heterocycles. The number of aryl methyl sites for hydroxylation is 1. The minimum absolute atomic E-state index is 0.0549. The Labute approximate surface area is 228 Å². The number of rotatable bonds is 6. The number of carbonyl (C=O) groups is 1. The predicted octanol–water partition coefficient (Wildman–Crippen LogP) is 6.42. The second kappa shape index (κ2) is 10.7. The molecule has 2 aliphatic rings. The van der Waals surface area contributed by atoms with Crippen molar-refractivity contribution in [2.45, 2.75) is 44.8 Å². The Morgan fingerprint density at radius 3 is 2.23 bits per heavy atom. The maximum absolute atomic E-state index is 15.3. The predicted molar refractivity (Wildman–Crippen MR) is 149 cm³/mol. The summed E-state index contributed by atoms with van der Waals surface area (Å²) in [4.78, 5) is 18.1. The molecule has 0 radical (unpaired) electrons. The number of carbonyl (C=O) groups excluding carboxylic acids is 1. The lowest BCUT2D eigenvalue weighted by molar-refractivity contribution is -0.136. The maximum Gasteiger partial charge on any atom is 0.237 e. The van der Waals surface area contributed by atoms with Crippen molar-refractivity contribution in [2.24, 2.45) is 0 Å². The van der Waals surface area contributed by atoms with Gasteiger partial charge in [0, 0.05) is 30.3 Å². The summed E-state index contributed by atoms with van der Waals surface area (Å²) in [6.45, 7) is 2.94. The number of fused-ring (bicyclic) bond motifs is 2. The first kappa shape index (κ1) is 25.4. The van der Waals surface area contributed by atoms with Gasteiger partial charge in [0.2, 0.25) is 5.91 Å². The summed E-state index contributed by atoms with van der Waals surface area (Å²) >= 11 is 0. The Kier molecular flexibility index (Phi) is 7.01.